The minimum atomic E-state index is -0.281. The van der Waals surface area contributed by atoms with Crippen LogP contribution < -0.4 is 10.6 Å². The van der Waals surface area contributed by atoms with E-state index in [-0.39, 0.29) is 11.6 Å². The second-order valence-electron chi connectivity index (χ2n) is 6.05. The fourth-order valence-corrected chi connectivity index (χ4v) is 2.52. The van der Waals surface area contributed by atoms with Gasteiger partial charge in [0.2, 0.25) is 0 Å². The van der Waals surface area contributed by atoms with Gasteiger partial charge in [-0.05, 0) is 50.1 Å². The molecule has 0 radical (unpaired) electrons. The molecule has 0 bridgehead atoms. The van der Waals surface area contributed by atoms with Crippen molar-refractivity contribution in [2.75, 3.05) is 10.6 Å². The molecule has 0 aliphatic carbocycles. The van der Waals surface area contributed by atoms with E-state index < -0.39 is 0 Å². The summed E-state index contributed by atoms with van der Waals surface area (Å²) >= 11 is 0. The Labute approximate surface area is 147 Å². The molecule has 0 saturated carbocycles. The van der Waals surface area contributed by atoms with Gasteiger partial charge in [0.25, 0.3) is 5.91 Å². The monoisotopic (exact) mass is 332 g/mol. The maximum atomic E-state index is 12.3. The zero-order valence-corrected chi connectivity index (χ0v) is 14.5. The maximum absolute atomic E-state index is 12.3. The number of hydrogen-bond acceptors (Lipinski definition) is 4. The molecule has 3 rings (SSSR count). The number of hydrogen-bond donors (Lipinski definition) is 2. The lowest BCUT2D eigenvalue weighted by molar-refractivity contribution is 0.102. The Balaban J connectivity index is 1.70. The van der Waals surface area contributed by atoms with Crippen LogP contribution in [-0.4, -0.2) is 15.9 Å². The molecule has 0 aliphatic rings. The van der Waals surface area contributed by atoms with Crippen LogP contribution in [0.25, 0.3) is 0 Å². The van der Waals surface area contributed by atoms with E-state index in [1.165, 1.54) is 11.8 Å². The van der Waals surface area contributed by atoms with Crippen LogP contribution in [0.1, 0.15) is 27.2 Å². The second kappa shape index (κ2) is 7.13. The molecule has 126 valence electrons. The van der Waals surface area contributed by atoms with E-state index in [4.69, 9.17) is 0 Å². The fraction of sp³-hybridized carbons (Fsp3) is 0.150. The minimum Gasteiger partial charge on any atom is -0.339 e. The first kappa shape index (κ1) is 16.6. The van der Waals surface area contributed by atoms with Crippen molar-refractivity contribution in [1.82, 2.24) is 9.97 Å². The molecule has 5 nitrogen and oxygen atoms in total. The van der Waals surface area contributed by atoms with E-state index in [1.807, 2.05) is 50.2 Å². The van der Waals surface area contributed by atoms with E-state index >= 15 is 0 Å². The van der Waals surface area contributed by atoms with Crippen LogP contribution in [0.4, 0.5) is 17.2 Å². The van der Waals surface area contributed by atoms with Crippen LogP contribution in [0.2, 0.25) is 0 Å². The van der Waals surface area contributed by atoms with Crippen LogP contribution >= 0.6 is 0 Å². The Hall–Kier alpha value is -3.21. The summed E-state index contributed by atoms with van der Waals surface area (Å²) in [6.07, 6.45) is 3.03. The fourth-order valence-electron chi connectivity index (χ4n) is 2.52. The highest BCUT2D eigenvalue weighted by atomic mass is 16.1. The Morgan fingerprint density at radius 2 is 1.72 bits per heavy atom. The third-order valence-corrected chi connectivity index (χ3v) is 3.81. The first-order valence-electron chi connectivity index (χ1n) is 8.05. The topological polar surface area (TPSA) is 66.9 Å². The van der Waals surface area contributed by atoms with Crippen LogP contribution in [0, 0.1) is 20.8 Å². The number of benzene rings is 2. The smallest absolute Gasteiger partial charge is 0.275 e. The number of nitrogens with one attached hydrogen (secondary N) is 2. The number of amides is 1. The number of carbonyl (C=O) groups excluding carboxylic acids is 1. The molecule has 0 unspecified atom stereocenters. The number of anilines is 3. The zero-order valence-electron chi connectivity index (χ0n) is 14.5. The van der Waals surface area contributed by atoms with Gasteiger partial charge in [-0.3, -0.25) is 4.79 Å². The first-order valence-corrected chi connectivity index (χ1v) is 8.05. The van der Waals surface area contributed by atoms with Gasteiger partial charge in [-0.1, -0.05) is 29.8 Å². The summed E-state index contributed by atoms with van der Waals surface area (Å²) in [5, 5.41) is 6.04. The quantitative estimate of drug-likeness (QED) is 0.743. The van der Waals surface area contributed by atoms with Gasteiger partial charge in [0, 0.05) is 11.4 Å². The predicted octanol–water partition coefficient (Wildman–Crippen LogP) is 4.40. The van der Waals surface area contributed by atoms with Crippen LogP contribution in [0.5, 0.6) is 0 Å². The van der Waals surface area contributed by atoms with Gasteiger partial charge in [0.1, 0.15) is 11.5 Å². The number of carbonyl (C=O) groups is 1. The van der Waals surface area contributed by atoms with Gasteiger partial charge in [0.15, 0.2) is 0 Å². The molecular formula is C20H20N4O. The molecule has 2 N–H and O–H groups in total. The molecule has 1 heterocycles. The molecule has 3 aromatic rings. The van der Waals surface area contributed by atoms with Crippen molar-refractivity contribution < 1.29 is 4.79 Å². The van der Waals surface area contributed by atoms with E-state index in [9.17, 15) is 4.79 Å². The highest BCUT2D eigenvalue weighted by Crippen LogP contribution is 2.20. The van der Waals surface area contributed by atoms with E-state index in [1.54, 1.807) is 6.20 Å². The first-order chi connectivity index (χ1) is 12.0. The van der Waals surface area contributed by atoms with E-state index in [0.717, 1.165) is 22.5 Å². The zero-order chi connectivity index (χ0) is 17.8. The van der Waals surface area contributed by atoms with Gasteiger partial charge in [-0.15, -0.1) is 0 Å². The summed E-state index contributed by atoms with van der Waals surface area (Å²) in [6, 6.07) is 13.8. The van der Waals surface area contributed by atoms with Gasteiger partial charge < -0.3 is 10.6 Å². The standard InChI is InChI=1S/C20H20N4O/c1-13-5-4-6-16(10-13)23-20(25)18-11-22-19(12-21-18)24-17-8-7-14(2)9-15(17)3/h4-12H,1-3H3,(H,22,24)(H,23,25). The number of aromatic nitrogens is 2. The largest absolute Gasteiger partial charge is 0.339 e. The average molecular weight is 332 g/mol. The molecule has 5 heteroatoms. The normalized spacial score (nSPS) is 10.4. The molecule has 0 aliphatic heterocycles. The molecule has 0 saturated heterocycles. The summed E-state index contributed by atoms with van der Waals surface area (Å²) in [7, 11) is 0. The van der Waals surface area contributed by atoms with Crippen molar-refractivity contribution in [3.8, 4) is 0 Å². The van der Waals surface area contributed by atoms with Gasteiger partial charge >= 0.3 is 0 Å². The third kappa shape index (κ3) is 4.20. The summed E-state index contributed by atoms with van der Waals surface area (Å²) in [6.45, 7) is 6.06. The van der Waals surface area contributed by atoms with Gasteiger partial charge in [-0.2, -0.15) is 0 Å². The van der Waals surface area contributed by atoms with Crippen LogP contribution in [-0.2, 0) is 0 Å². The van der Waals surface area contributed by atoms with Crippen molar-refractivity contribution in [1.29, 1.82) is 0 Å². The Morgan fingerprint density at radius 1 is 0.920 bits per heavy atom. The van der Waals surface area contributed by atoms with Gasteiger partial charge in [0.05, 0.1) is 12.4 Å². The lowest BCUT2D eigenvalue weighted by Gasteiger charge is -2.10. The van der Waals surface area contributed by atoms with E-state index in [2.05, 4.69) is 33.6 Å². The van der Waals surface area contributed by atoms with Crippen LogP contribution in [0.3, 0.4) is 0 Å². The Morgan fingerprint density at radius 3 is 2.40 bits per heavy atom. The second-order valence-corrected chi connectivity index (χ2v) is 6.05. The summed E-state index contributed by atoms with van der Waals surface area (Å²) < 4.78 is 0. The lowest BCUT2D eigenvalue weighted by atomic mass is 10.1. The number of nitrogens with zero attached hydrogens (tertiary/aromatic N) is 2. The number of rotatable bonds is 4. The summed E-state index contributed by atoms with van der Waals surface area (Å²) in [5.41, 5.74) is 5.39. The molecule has 0 atom stereocenters. The lowest BCUT2D eigenvalue weighted by Crippen LogP contribution is -2.14. The predicted molar refractivity (Wildman–Crippen MR) is 100 cm³/mol. The molecule has 25 heavy (non-hydrogen) atoms. The van der Waals surface area contributed by atoms with Crippen molar-refractivity contribution in [2.24, 2.45) is 0 Å². The van der Waals surface area contributed by atoms with Crippen molar-refractivity contribution in [2.45, 2.75) is 20.8 Å². The highest BCUT2D eigenvalue weighted by molar-refractivity contribution is 6.02. The van der Waals surface area contributed by atoms with Crippen LogP contribution in [0.15, 0.2) is 54.9 Å². The molecule has 0 fully saturated rings. The Kier molecular flexibility index (Phi) is 4.75. The third-order valence-electron chi connectivity index (χ3n) is 3.81. The minimum absolute atomic E-state index is 0.271. The molecular weight excluding hydrogens is 312 g/mol. The van der Waals surface area contributed by atoms with Gasteiger partial charge in [-0.25, -0.2) is 9.97 Å². The molecule has 2 aromatic carbocycles. The highest BCUT2D eigenvalue weighted by Gasteiger charge is 2.09. The summed E-state index contributed by atoms with van der Waals surface area (Å²) in [4.78, 5) is 20.7. The maximum Gasteiger partial charge on any atom is 0.275 e. The SMILES string of the molecule is Cc1cccc(NC(=O)c2cnc(Nc3ccc(C)cc3C)cn2)c1. The summed E-state index contributed by atoms with van der Waals surface area (Å²) in [5.74, 6) is 0.315. The Bertz CT molecular complexity index is 904. The molecule has 1 amide bonds. The number of aryl methyl sites for hydroxylation is 3. The van der Waals surface area contributed by atoms with Crippen molar-refractivity contribution >= 4 is 23.1 Å². The van der Waals surface area contributed by atoms with Crippen molar-refractivity contribution in [3.63, 3.8) is 0 Å². The van der Waals surface area contributed by atoms with Crippen molar-refractivity contribution in [3.05, 3.63) is 77.2 Å². The molecule has 1 aromatic heterocycles. The average Bonchev–Trinajstić information content (AvgIpc) is 2.58. The van der Waals surface area contributed by atoms with E-state index in [0.29, 0.717) is 5.82 Å². The molecule has 0 spiro atoms.